The topological polar surface area (TPSA) is 44.1 Å². The maximum atomic E-state index is 10.7. The molecule has 0 unspecified atom stereocenters. The first-order valence-corrected chi connectivity index (χ1v) is 4.51. The van der Waals surface area contributed by atoms with Crippen LogP contribution >= 0.6 is 0 Å². The smallest absolute Gasteiger partial charge is 0.228 e. The van der Waals surface area contributed by atoms with Gasteiger partial charge in [-0.05, 0) is 12.1 Å². The Labute approximate surface area is 87.1 Å². The number of hydrogen-bond acceptors (Lipinski definition) is 3. The lowest BCUT2D eigenvalue weighted by atomic mass is 10.3. The molecule has 15 heavy (non-hydrogen) atoms. The Hall–Kier alpha value is -2.10. The molecule has 4 heteroatoms. The van der Waals surface area contributed by atoms with Crippen molar-refractivity contribution >= 4 is 6.29 Å². The Morgan fingerprint density at radius 1 is 1.33 bits per heavy atom. The van der Waals surface area contributed by atoms with Gasteiger partial charge >= 0.3 is 0 Å². The van der Waals surface area contributed by atoms with Crippen LogP contribution in [0, 0.1) is 0 Å². The molecule has 1 aromatic carbocycles. The molecule has 0 spiro atoms. The van der Waals surface area contributed by atoms with Gasteiger partial charge in [-0.25, -0.2) is 4.68 Å². The summed E-state index contributed by atoms with van der Waals surface area (Å²) in [6.45, 7) is 0. The van der Waals surface area contributed by atoms with E-state index in [4.69, 9.17) is 4.74 Å². The van der Waals surface area contributed by atoms with Gasteiger partial charge in [-0.15, -0.1) is 0 Å². The van der Waals surface area contributed by atoms with Crippen LogP contribution in [0.2, 0.25) is 0 Å². The molecule has 0 saturated heterocycles. The zero-order valence-corrected chi connectivity index (χ0v) is 8.25. The first-order valence-electron chi connectivity index (χ1n) is 4.51. The van der Waals surface area contributed by atoms with Crippen LogP contribution in [0.25, 0.3) is 0 Å². The average molecular weight is 202 g/mol. The van der Waals surface area contributed by atoms with E-state index in [1.165, 1.54) is 10.9 Å². The van der Waals surface area contributed by atoms with Crippen molar-refractivity contribution in [2.45, 2.75) is 0 Å². The molecule has 0 aliphatic rings. The monoisotopic (exact) mass is 202 g/mol. The van der Waals surface area contributed by atoms with Crippen LogP contribution in [0.15, 0.2) is 36.5 Å². The number of rotatable bonds is 3. The maximum Gasteiger partial charge on any atom is 0.228 e. The molecule has 4 nitrogen and oxygen atoms in total. The van der Waals surface area contributed by atoms with Crippen molar-refractivity contribution in [3.63, 3.8) is 0 Å². The lowest BCUT2D eigenvalue weighted by molar-refractivity contribution is 0.112. The summed E-state index contributed by atoms with van der Waals surface area (Å²) in [5.41, 5.74) is 0.446. The molecule has 0 bridgehead atoms. The number of aldehydes is 1. The number of aryl methyl sites for hydroxylation is 1. The van der Waals surface area contributed by atoms with Crippen molar-refractivity contribution in [1.82, 2.24) is 9.78 Å². The predicted molar refractivity (Wildman–Crippen MR) is 55.1 cm³/mol. The zero-order valence-electron chi connectivity index (χ0n) is 8.25. The van der Waals surface area contributed by atoms with Crippen molar-refractivity contribution in [3.8, 4) is 11.6 Å². The highest BCUT2D eigenvalue weighted by Gasteiger charge is 2.09. The van der Waals surface area contributed by atoms with E-state index >= 15 is 0 Å². The fourth-order valence-corrected chi connectivity index (χ4v) is 1.25. The highest BCUT2D eigenvalue weighted by molar-refractivity contribution is 5.78. The van der Waals surface area contributed by atoms with Crippen LogP contribution in [0.1, 0.15) is 10.4 Å². The number of carbonyl (C=O) groups is 1. The number of ether oxygens (including phenoxy) is 1. The van der Waals surface area contributed by atoms with Gasteiger partial charge in [-0.3, -0.25) is 4.79 Å². The molecule has 0 amide bonds. The number of carbonyl (C=O) groups excluding carboxylic acids is 1. The molecule has 0 saturated carbocycles. The third kappa shape index (κ3) is 1.88. The fraction of sp³-hybridized carbons (Fsp3) is 0.0909. The van der Waals surface area contributed by atoms with Crippen molar-refractivity contribution in [1.29, 1.82) is 0 Å². The molecule has 1 heterocycles. The Balaban J connectivity index is 2.31. The molecule has 0 N–H and O–H groups in total. The number of hydrogen-bond donors (Lipinski definition) is 0. The third-order valence-electron chi connectivity index (χ3n) is 2.00. The van der Waals surface area contributed by atoms with Crippen molar-refractivity contribution < 1.29 is 9.53 Å². The highest BCUT2D eigenvalue weighted by atomic mass is 16.5. The highest BCUT2D eigenvalue weighted by Crippen LogP contribution is 2.22. The van der Waals surface area contributed by atoms with Gasteiger partial charge in [0.2, 0.25) is 5.88 Å². The standard InChI is InChI=1S/C11H10N2O2/c1-13-11(9(8-14)7-12-13)15-10-5-3-2-4-6-10/h2-8H,1H3. The number of aromatic nitrogens is 2. The van der Waals surface area contributed by atoms with E-state index in [1.807, 2.05) is 30.3 Å². The van der Waals surface area contributed by atoms with E-state index in [1.54, 1.807) is 7.05 Å². The van der Waals surface area contributed by atoms with Gasteiger partial charge in [-0.1, -0.05) is 18.2 Å². The quantitative estimate of drug-likeness (QED) is 0.715. The van der Waals surface area contributed by atoms with Gasteiger partial charge in [0.25, 0.3) is 0 Å². The third-order valence-corrected chi connectivity index (χ3v) is 2.00. The first-order chi connectivity index (χ1) is 7.31. The molecule has 0 radical (unpaired) electrons. The van der Waals surface area contributed by atoms with E-state index < -0.39 is 0 Å². The van der Waals surface area contributed by atoms with Crippen LogP contribution in [0.3, 0.4) is 0 Å². The van der Waals surface area contributed by atoms with Gasteiger partial charge in [0.15, 0.2) is 6.29 Å². The number of nitrogens with zero attached hydrogens (tertiary/aromatic N) is 2. The maximum absolute atomic E-state index is 10.7. The molecule has 2 aromatic rings. The van der Waals surface area contributed by atoms with Crippen LogP contribution in [-0.2, 0) is 7.05 Å². The average Bonchev–Trinajstić information content (AvgIpc) is 2.62. The lowest BCUT2D eigenvalue weighted by Crippen LogP contribution is -1.96. The molecule has 1 aromatic heterocycles. The minimum absolute atomic E-state index is 0.446. The van der Waals surface area contributed by atoms with Crippen molar-refractivity contribution in [2.75, 3.05) is 0 Å². The summed E-state index contributed by atoms with van der Waals surface area (Å²) in [6, 6.07) is 9.28. The summed E-state index contributed by atoms with van der Waals surface area (Å²) >= 11 is 0. The van der Waals surface area contributed by atoms with Gasteiger partial charge in [-0.2, -0.15) is 5.10 Å². The lowest BCUT2D eigenvalue weighted by Gasteiger charge is -2.05. The molecule has 76 valence electrons. The Morgan fingerprint density at radius 2 is 2.07 bits per heavy atom. The second kappa shape index (κ2) is 3.96. The summed E-state index contributed by atoms with van der Waals surface area (Å²) in [7, 11) is 1.73. The minimum Gasteiger partial charge on any atom is -0.439 e. The van der Waals surface area contributed by atoms with Crippen LogP contribution in [0.5, 0.6) is 11.6 Å². The molecule has 0 atom stereocenters. The number of para-hydroxylation sites is 1. The summed E-state index contributed by atoms with van der Waals surface area (Å²) in [4.78, 5) is 10.7. The van der Waals surface area contributed by atoms with Gasteiger partial charge in [0.05, 0.1) is 11.8 Å². The van der Waals surface area contributed by atoms with E-state index in [-0.39, 0.29) is 0 Å². The second-order valence-corrected chi connectivity index (χ2v) is 3.06. The summed E-state index contributed by atoms with van der Waals surface area (Å²) < 4.78 is 7.06. The van der Waals surface area contributed by atoms with Crippen molar-refractivity contribution in [2.24, 2.45) is 7.05 Å². The first kappa shape index (κ1) is 9.45. The predicted octanol–water partition coefficient (Wildman–Crippen LogP) is 2.02. The van der Waals surface area contributed by atoms with Crippen molar-refractivity contribution in [3.05, 3.63) is 42.1 Å². The van der Waals surface area contributed by atoms with Crippen LogP contribution < -0.4 is 4.74 Å². The summed E-state index contributed by atoms with van der Waals surface area (Å²) in [5, 5.41) is 3.94. The van der Waals surface area contributed by atoms with Gasteiger partial charge < -0.3 is 4.74 Å². The van der Waals surface area contributed by atoms with E-state index in [2.05, 4.69) is 5.10 Å². The van der Waals surface area contributed by atoms with Crippen LogP contribution in [0.4, 0.5) is 0 Å². The molecule has 2 rings (SSSR count). The molecule has 0 fully saturated rings. The van der Waals surface area contributed by atoms with Gasteiger partial charge in [0.1, 0.15) is 5.75 Å². The van der Waals surface area contributed by atoms with E-state index in [0.29, 0.717) is 17.2 Å². The molecular weight excluding hydrogens is 192 g/mol. The Bertz CT molecular complexity index is 463. The largest absolute Gasteiger partial charge is 0.439 e. The zero-order chi connectivity index (χ0) is 10.7. The van der Waals surface area contributed by atoms with Gasteiger partial charge in [0, 0.05) is 7.05 Å². The SMILES string of the molecule is Cn1ncc(C=O)c1Oc1ccccc1. The molecule has 0 aliphatic heterocycles. The van der Waals surface area contributed by atoms with E-state index in [0.717, 1.165) is 6.29 Å². The van der Waals surface area contributed by atoms with Crippen LogP contribution in [-0.4, -0.2) is 16.1 Å². The number of benzene rings is 1. The summed E-state index contributed by atoms with van der Waals surface area (Å²) in [5.74, 6) is 1.14. The molecule has 0 aliphatic carbocycles. The Kier molecular flexibility index (Phi) is 2.49. The Morgan fingerprint density at radius 3 is 2.73 bits per heavy atom. The molecular formula is C11H10N2O2. The minimum atomic E-state index is 0.446. The normalized spacial score (nSPS) is 9.93. The van der Waals surface area contributed by atoms with E-state index in [9.17, 15) is 4.79 Å². The second-order valence-electron chi connectivity index (χ2n) is 3.06. The fourth-order valence-electron chi connectivity index (χ4n) is 1.25. The summed E-state index contributed by atoms with van der Waals surface area (Å²) in [6.07, 6.45) is 2.20.